The SMILES string of the molecule is Cc1cccc(CNS(=O)(=O)c2c[nH]c(C(=O)O)c2)c1. The zero-order valence-corrected chi connectivity index (χ0v) is 11.6. The maximum absolute atomic E-state index is 12.0. The van der Waals surface area contributed by atoms with Crippen molar-refractivity contribution in [2.24, 2.45) is 0 Å². The molecule has 0 aliphatic carbocycles. The second kappa shape index (κ2) is 5.48. The van der Waals surface area contributed by atoms with E-state index in [2.05, 4.69) is 9.71 Å². The molecule has 20 heavy (non-hydrogen) atoms. The number of sulfonamides is 1. The predicted molar refractivity (Wildman–Crippen MR) is 73.0 cm³/mol. The van der Waals surface area contributed by atoms with E-state index in [0.717, 1.165) is 23.4 Å². The first-order valence-corrected chi connectivity index (χ1v) is 7.34. The van der Waals surface area contributed by atoms with Crippen molar-refractivity contribution in [1.82, 2.24) is 9.71 Å². The van der Waals surface area contributed by atoms with Gasteiger partial charge in [-0.05, 0) is 18.6 Å². The Labute approximate surface area is 116 Å². The zero-order valence-electron chi connectivity index (χ0n) is 10.8. The summed E-state index contributed by atoms with van der Waals surface area (Å²) in [5, 5.41) is 8.76. The molecule has 6 nitrogen and oxygen atoms in total. The van der Waals surface area contributed by atoms with Crippen molar-refractivity contribution in [2.75, 3.05) is 0 Å². The molecule has 0 unspecified atom stereocenters. The lowest BCUT2D eigenvalue weighted by Gasteiger charge is -2.05. The minimum absolute atomic E-state index is 0.0949. The van der Waals surface area contributed by atoms with Crippen LogP contribution in [0.2, 0.25) is 0 Å². The number of H-pyrrole nitrogens is 1. The van der Waals surface area contributed by atoms with E-state index in [1.165, 1.54) is 0 Å². The molecular formula is C13H14N2O4S. The van der Waals surface area contributed by atoms with Gasteiger partial charge in [0.05, 0.1) is 0 Å². The summed E-state index contributed by atoms with van der Waals surface area (Å²) in [6.07, 6.45) is 1.15. The molecule has 7 heteroatoms. The average Bonchev–Trinajstić information content (AvgIpc) is 2.87. The summed E-state index contributed by atoms with van der Waals surface area (Å²) < 4.78 is 26.4. The van der Waals surface area contributed by atoms with Crippen molar-refractivity contribution >= 4 is 16.0 Å². The fourth-order valence-corrected chi connectivity index (χ4v) is 2.75. The van der Waals surface area contributed by atoms with Crippen LogP contribution in [-0.2, 0) is 16.6 Å². The Morgan fingerprint density at radius 2 is 2.10 bits per heavy atom. The third-order valence-electron chi connectivity index (χ3n) is 2.75. The number of benzene rings is 1. The van der Waals surface area contributed by atoms with Crippen molar-refractivity contribution in [1.29, 1.82) is 0 Å². The molecule has 0 saturated heterocycles. The third-order valence-corrected chi connectivity index (χ3v) is 4.13. The topological polar surface area (TPSA) is 99.3 Å². The molecule has 3 N–H and O–H groups in total. The summed E-state index contributed by atoms with van der Waals surface area (Å²) in [6.45, 7) is 2.07. The maximum Gasteiger partial charge on any atom is 0.352 e. The van der Waals surface area contributed by atoms with Crippen molar-refractivity contribution in [3.63, 3.8) is 0 Å². The Morgan fingerprint density at radius 3 is 2.70 bits per heavy atom. The molecule has 0 fully saturated rings. The van der Waals surface area contributed by atoms with Gasteiger partial charge in [-0.3, -0.25) is 0 Å². The number of carbonyl (C=O) groups is 1. The molecule has 106 valence electrons. The summed E-state index contributed by atoms with van der Waals surface area (Å²) in [5.74, 6) is -1.20. The van der Waals surface area contributed by atoms with Gasteiger partial charge in [-0.25, -0.2) is 17.9 Å². The molecule has 0 radical (unpaired) electrons. The largest absolute Gasteiger partial charge is 0.477 e. The number of aryl methyl sites for hydroxylation is 1. The Bertz CT molecular complexity index is 734. The lowest BCUT2D eigenvalue weighted by atomic mass is 10.1. The minimum Gasteiger partial charge on any atom is -0.477 e. The lowest BCUT2D eigenvalue weighted by molar-refractivity contribution is 0.0691. The van der Waals surface area contributed by atoms with Crippen LogP contribution in [0.4, 0.5) is 0 Å². The van der Waals surface area contributed by atoms with Gasteiger partial charge in [0.15, 0.2) is 0 Å². The van der Waals surface area contributed by atoms with E-state index in [1.807, 2.05) is 31.2 Å². The average molecular weight is 294 g/mol. The van der Waals surface area contributed by atoms with Gasteiger partial charge >= 0.3 is 5.97 Å². The molecule has 1 heterocycles. The fraction of sp³-hybridized carbons (Fsp3) is 0.154. The first-order valence-electron chi connectivity index (χ1n) is 5.85. The van der Waals surface area contributed by atoms with Gasteiger partial charge in [0, 0.05) is 12.7 Å². The van der Waals surface area contributed by atoms with E-state index >= 15 is 0 Å². The number of carboxylic acids is 1. The molecule has 0 atom stereocenters. The molecule has 2 aromatic rings. The zero-order chi connectivity index (χ0) is 14.8. The predicted octanol–water partition coefficient (Wildman–Crippen LogP) is 1.50. The Kier molecular flexibility index (Phi) is 3.91. The number of rotatable bonds is 5. The van der Waals surface area contributed by atoms with Gasteiger partial charge < -0.3 is 10.1 Å². The Hall–Kier alpha value is -2.12. The third kappa shape index (κ3) is 3.25. The van der Waals surface area contributed by atoms with E-state index in [4.69, 9.17) is 5.11 Å². The maximum atomic E-state index is 12.0. The molecule has 0 spiro atoms. The molecule has 0 bridgehead atoms. The molecule has 0 amide bonds. The monoisotopic (exact) mass is 294 g/mol. The first kappa shape index (κ1) is 14.3. The molecule has 0 aliphatic rings. The standard InChI is InChI=1S/C13H14N2O4S/c1-9-3-2-4-10(5-9)7-15-20(18,19)11-6-12(13(16)17)14-8-11/h2-6,8,14-15H,7H2,1H3,(H,16,17). The Balaban J connectivity index is 2.12. The van der Waals surface area contributed by atoms with Crippen LogP contribution >= 0.6 is 0 Å². The number of nitrogens with one attached hydrogen (secondary N) is 2. The summed E-state index contributed by atoms with van der Waals surface area (Å²) in [5.41, 5.74) is 1.71. The molecule has 0 saturated carbocycles. The molecule has 2 rings (SSSR count). The fourth-order valence-electron chi connectivity index (χ4n) is 1.74. The van der Waals surface area contributed by atoms with Gasteiger partial charge in [0.1, 0.15) is 10.6 Å². The smallest absolute Gasteiger partial charge is 0.352 e. The van der Waals surface area contributed by atoms with E-state index in [1.54, 1.807) is 0 Å². The number of aromatic carboxylic acids is 1. The van der Waals surface area contributed by atoms with Crippen LogP contribution in [0.15, 0.2) is 41.4 Å². The number of aromatic nitrogens is 1. The van der Waals surface area contributed by atoms with E-state index in [0.29, 0.717) is 0 Å². The molecule has 1 aromatic carbocycles. The number of aromatic amines is 1. The highest BCUT2D eigenvalue weighted by atomic mass is 32.2. The number of carboxylic acid groups (broad SMARTS) is 1. The van der Waals surface area contributed by atoms with Crippen LogP contribution in [-0.4, -0.2) is 24.5 Å². The van der Waals surface area contributed by atoms with Crippen LogP contribution in [0.3, 0.4) is 0 Å². The van der Waals surface area contributed by atoms with E-state index in [-0.39, 0.29) is 17.1 Å². The Morgan fingerprint density at radius 1 is 1.35 bits per heavy atom. The highest BCUT2D eigenvalue weighted by molar-refractivity contribution is 7.89. The van der Waals surface area contributed by atoms with Crippen LogP contribution in [0.1, 0.15) is 21.6 Å². The summed E-state index contributed by atoms with van der Waals surface area (Å²) in [6, 6.07) is 8.54. The van der Waals surface area contributed by atoms with Crippen molar-refractivity contribution in [2.45, 2.75) is 18.4 Å². The highest BCUT2D eigenvalue weighted by Crippen LogP contribution is 2.12. The first-order chi connectivity index (χ1) is 9.38. The summed E-state index contributed by atoms with van der Waals surface area (Å²) in [7, 11) is -3.73. The van der Waals surface area contributed by atoms with Crippen LogP contribution in [0.5, 0.6) is 0 Å². The van der Waals surface area contributed by atoms with Crippen LogP contribution in [0.25, 0.3) is 0 Å². The second-order valence-electron chi connectivity index (χ2n) is 4.37. The minimum atomic E-state index is -3.73. The number of hydrogen-bond donors (Lipinski definition) is 3. The van der Waals surface area contributed by atoms with Crippen LogP contribution < -0.4 is 4.72 Å². The lowest BCUT2D eigenvalue weighted by Crippen LogP contribution is -2.22. The summed E-state index contributed by atoms with van der Waals surface area (Å²) >= 11 is 0. The highest BCUT2D eigenvalue weighted by Gasteiger charge is 2.17. The van der Waals surface area contributed by atoms with Crippen LogP contribution in [0, 0.1) is 6.92 Å². The van der Waals surface area contributed by atoms with E-state index < -0.39 is 16.0 Å². The van der Waals surface area contributed by atoms with E-state index in [9.17, 15) is 13.2 Å². The number of hydrogen-bond acceptors (Lipinski definition) is 3. The van der Waals surface area contributed by atoms with Gasteiger partial charge in [-0.1, -0.05) is 29.8 Å². The molecule has 1 aromatic heterocycles. The quantitative estimate of drug-likeness (QED) is 0.778. The molecule has 0 aliphatic heterocycles. The van der Waals surface area contributed by atoms with Gasteiger partial charge in [-0.15, -0.1) is 0 Å². The van der Waals surface area contributed by atoms with Gasteiger partial charge in [-0.2, -0.15) is 0 Å². The summed E-state index contributed by atoms with van der Waals surface area (Å²) in [4.78, 5) is 13.0. The van der Waals surface area contributed by atoms with Gasteiger partial charge in [0.2, 0.25) is 10.0 Å². The van der Waals surface area contributed by atoms with Crippen molar-refractivity contribution in [3.05, 3.63) is 53.3 Å². The van der Waals surface area contributed by atoms with Crippen molar-refractivity contribution in [3.8, 4) is 0 Å². The molecular weight excluding hydrogens is 280 g/mol. The normalized spacial score (nSPS) is 11.4. The van der Waals surface area contributed by atoms with Crippen molar-refractivity contribution < 1.29 is 18.3 Å². The van der Waals surface area contributed by atoms with Gasteiger partial charge in [0.25, 0.3) is 0 Å². The second-order valence-corrected chi connectivity index (χ2v) is 6.13.